The molecule has 1 aliphatic heterocycles. The van der Waals surface area contributed by atoms with E-state index in [-0.39, 0.29) is 11.9 Å². The minimum atomic E-state index is -0.253. The summed E-state index contributed by atoms with van der Waals surface area (Å²) in [7, 11) is 0. The van der Waals surface area contributed by atoms with Crippen LogP contribution in [-0.4, -0.2) is 21.1 Å². The van der Waals surface area contributed by atoms with Gasteiger partial charge in [-0.3, -0.25) is 4.57 Å². The molecule has 1 aliphatic rings. The first-order valence-electron chi connectivity index (χ1n) is 7.54. The van der Waals surface area contributed by atoms with Crippen LogP contribution in [0.5, 0.6) is 0 Å². The van der Waals surface area contributed by atoms with Gasteiger partial charge in [-0.2, -0.15) is 0 Å². The molecule has 0 spiro atoms. The first-order valence-corrected chi connectivity index (χ1v) is 7.54. The molecule has 1 atom stereocenters. The molecule has 0 radical (unpaired) electrons. The molecule has 0 amide bonds. The fraction of sp³-hybridized carbons (Fsp3) is 0.294. The largest absolute Gasteiger partial charge is 0.370 e. The van der Waals surface area contributed by atoms with E-state index in [4.69, 9.17) is 9.72 Å². The monoisotopic (exact) mass is 297 g/mol. The van der Waals surface area contributed by atoms with E-state index in [0.717, 1.165) is 48.5 Å². The second-order valence-corrected chi connectivity index (χ2v) is 5.48. The molecular weight excluding hydrogens is 281 g/mol. The number of ether oxygens (including phenoxy) is 1. The van der Waals surface area contributed by atoms with Gasteiger partial charge in [0.2, 0.25) is 0 Å². The Balaban J connectivity index is 1.91. The zero-order chi connectivity index (χ0) is 14.9. The smallest absolute Gasteiger partial charge is 0.164 e. The van der Waals surface area contributed by atoms with E-state index in [9.17, 15) is 4.39 Å². The summed E-state index contributed by atoms with van der Waals surface area (Å²) in [5.41, 5.74) is 2.46. The van der Waals surface area contributed by atoms with Gasteiger partial charge in [0.1, 0.15) is 23.3 Å². The minimum absolute atomic E-state index is 0.0343. The Morgan fingerprint density at radius 1 is 1.14 bits per heavy atom. The van der Waals surface area contributed by atoms with E-state index in [1.54, 1.807) is 18.3 Å². The molecule has 4 rings (SSSR count). The Morgan fingerprint density at radius 2 is 2.00 bits per heavy atom. The lowest BCUT2D eigenvalue weighted by Gasteiger charge is -2.23. The van der Waals surface area contributed by atoms with Crippen molar-refractivity contribution in [1.29, 1.82) is 0 Å². The van der Waals surface area contributed by atoms with Crippen molar-refractivity contribution in [3.8, 4) is 5.69 Å². The number of hydrogen-bond acceptors (Lipinski definition) is 3. The van der Waals surface area contributed by atoms with Crippen LogP contribution in [0.2, 0.25) is 0 Å². The Bertz CT molecular complexity index is 791. The molecule has 0 N–H and O–H groups in total. The highest BCUT2D eigenvalue weighted by molar-refractivity contribution is 5.73. The lowest BCUT2D eigenvalue weighted by atomic mass is 10.1. The molecule has 1 aromatic carbocycles. The molecule has 2 aromatic heterocycles. The number of benzene rings is 1. The van der Waals surface area contributed by atoms with Gasteiger partial charge in [-0.25, -0.2) is 14.4 Å². The summed E-state index contributed by atoms with van der Waals surface area (Å²) in [4.78, 5) is 9.16. The maximum absolute atomic E-state index is 13.2. The van der Waals surface area contributed by atoms with Crippen molar-refractivity contribution in [3.05, 3.63) is 54.2 Å². The second kappa shape index (κ2) is 5.50. The summed E-state index contributed by atoms with van der Waals surface area (Å²) in [5.74, 6) is 0.594. The molecule has 112 valence electrons. The van der Waals surface area contributed by atoms with Gasteiger partial charge in [-0.15, -0.1) is 0 Å². The summed E-state index contributed by atoms with van der Waals surface area (Å²) >= 11 is 0. The lowest BCUT2D eigenvalue weighted by Crippen LogP contribution is -2.16. The van der Waals surface area contributed by atoms with Crippen LogP contribution < -0.4 is 0 Å². The Hall–Kier alpha value is -2.27. The van der Waals surface area contributed by atoms with Crippen molar-refractivity contribution in [3.63, 3.8) is 0 Å². The minimum Gasteiger partial charge on any atom is -0.370 e. The lowest BCUT2D eigenvalue weighted by molar-refractivity contribution is 0.00886. The maximum atomic E-state index is 13.2. The van der Waals surface area contributed by atoms with Crippen LogP contribution in [0.1, 0.15) is 31.2 Å². The third kappa shape index (κ3) is 2.27. The van der Waals surface area contributed by atoms with E-state index in [1.807, 2.05) is 16.7 Å². The highest BCUT2D eigenvalue weighted by atomic mass is 19.1. The molecule has 0 aliphatic carbocycles. The third-order valence-corrected chi connectivity index (χ3v) is 3.99. The van der Waals surface area contributed by atoms with Crippen molar-refractivity contribution in [2.24, 2.45) is 0 Å². The van der Waals surface area contributed by atoms with Crippen molar-refractivity contribution >= 4 is 11.2 Å². The number of pyridine rings is 1. The van der Waals surface area contributed by atoms with Gasteiger partial charge in [0.25, 0.3) is 0 Å². The zero-order valence-electron chi connectivity index (χ0n) is 12.1. The summed E-state index contributed by atoms with van der Waals surface area (Å²) < 4.78 is 21.1. The van der Waals surface area contributed by atoms with Crippen LogP contribution in [0.25, 0.3) is 16.9 Å². The summed E-state index contributed by atoms with van der Waals surface area (Å²) in [6, 6.07) is 10.2. The van der Waals surface area contributed by atoms with Crippen molar-refractivity contribution in [2.75, 3.05) is 6.61 Å². The second-order valence-electron chi connectivity index (χ2n) is 5.48. The molecule has 0 saturated carbocycles. The number of aromatic nitrogens is 3. The SMILES string of the molecule is Fc1ccc(-n2c(C3CCCCO3)nc3cccnc32)cc1. The summed E-state index contributed by atoms with van der Waals surface area (Å²) in [6.45, 7) is 0.755. The molecule has 4 nitrogen and oxygen atoms in total. The van der Waals surface area contributed by atoms with Gasteiger partial charge in [0.15, 0.2) is 5.65 Å². The summed E-state index contributed by atoms with van der Waals surface area (Å²) in [6.07, 6.45) is 4.88. The van der Waals surface area contributed by atoms with Gasteiger partial charge >= 0.3 is 0 Å². The molecule has 22 heavy (non-hydrogen) atoms. The van der Waals surface area contributed by atoms with Gasteiger partial charge in [-0.05, 0) is 55.7 Å². The molecule has 0 bridgehead atoms. The topological polar surface area (TPSA) is 39.9 Å². The molecule has 1 unspecified atom stereocenters. The number of fused-ring (bicyclic) bond motifs is 1. The first kappa shape index (κ1) is 13.4. The highest BCUT2D eigenvalue weighted by Gasteiger charge is 2.24. The van der Waals surface area contributed by atoms with E-state index in [1.165, 1.54) is 12.1 Å². The molecule has 5 heteroatoms. The standard InChI is InChI=1S/C17H16FN3O/c18-12-6-8-13(9-7-12)21-16-14(4-3-10-19-16)20-17(21)15-5-1-2-11-22-15/h3-4,6-10,15H,1-2,5,11H2. The van der Waals surface area contributed by atoms with Crippen LogP contribution in [0.4, 0.5) is 4.39 Å². The average Bonchev–Trinajstić information content (AvgIpc) is 2.96. The van der Waals surface area contributed by atoms with Crippen molar-refractivity contribution in [2.45, 2.75) is 25.4 Å². The Kier molecular flexibility index (Phi) is 3.35. The summed E-state index contributed by atoms with van der Waals surface area (Å²) in [5, 5.41) is 0. The predicted molar refractivity (Wildman–Crippen MR) is 81.4 cm³/mol. The van der Waals surface area contributed by atoms with Crippen LogP contribution in [0, 0.1) is 5.82 Å². The highest BCUT2D eigenvalue weighted by Crippen LogP contribution is 2.31. The zero-order valence-corrected chi connectivity index (χ0v) is 12.1. The van der Waals surface area contributed by atoms with Crippen molar-refractivity contribution in [1.82, 2.24) is 14.5 Å². The van der Waals surface area contributed by atoms with E-state index in [2.05, 4.69) is 4.98 Å². The molecule has 1 saturated heterocycles. The van der Waals surface area contributed by atoms with Crippen LogP contribution >= 0.6 is 0 Å². The molecule has 3 heterocycles. The number of rotatable bonds is 2. The molecule has 3 aromatic rings. The van der Waals surface area contributed by atoms with Gasteiger partial charge < -0.3 is 4.74 Å². The predicted octanol–water partition coefficient (Wildman–Crippen LogP) is 3.80. The van der Waals surface area contributed by atoms with Gasteiger partial charge in [0.05, 0.1) is 0 Å². The van der Waals surface area contributed by atoms with E-state index >= 15 is 0 Å². The van der Waals surface area contributed by atoms with E-state index < -0.39 is 0 Å². The quantitative estimate of drug-likeness (QED) is 0.722. The fourth-order valence-electron chi connectivity index (χ4n) is 2.94. The Morgan fingerprint density at radius 3 is 2.77 bits per heavy atom. The van der Waals surface area contributed by atoms with Crippen LogP contribution in [-0.2, 0) is 4.74 Å². The number of halogens is 1. The fourth-order valence-corrected chi connectivity index (χ4v) is 2.94. The van der Waals surface area contributed by atoms with E-state index in [0.29, 0.717) is 0 Å². The van der Waals surface area contributed by atoms with Crippen LogP contribution in [0.15, 0.2) is 42.6 Å². The third-order valence-electron chi connectivity index (χ3n) is 3.99. The maximum Gasteiger partial charge on any atom is 0.164 e. The van der Waals surface area contributed by atoms with Gasteiger partial charge in [-0.1, -0.05) is 0 Å². The van der Waals surface area contributed by atoms with Crippen molar-refractivity contribution < 1.29 is 9.13 Å². The normalized spacial score (nSPS) is 18.7. The molecule has 1 fully saturated rings. The van der Waals surface area contributed by atoms with Gasteiger partial charge in [0, 0.05) is 18.5 Å². The average molecular weight is 297 g/mol. The number of nitrogens with zero attached hydrogens (tertiary/aromatic N) is 3. The molecular formula is C17H16FN3O. The van der Waals surface area contributed by atoms with Crippen LogP contribution in [0.3, 0.4) is 0 Å². The number of imidazole rings is 1. The Labute approximate surface area is 127 Å². The number of hydrogen-bond donors (Lipinski definition) is 0. The first-order chi connectivity index (χ1) is 10.8.